The lowest BCUT2D eigenvalue weighted by Crippen LogP contribution is -2.51. The Balaban J connectivity index is 2.10. The van der Waals surface area contributed by atoms with Crippen molar-refractivity contribution in [2.45, 2.75) is 80.1 Å². The maximum absolute atomic E-state index is 11.6. The first-order valence-electron chi connectivity index (χ1n) is 11.7. The van der Waals surface area contributed by atoms with E-state index in [1.807, 2.05) is 6.92 Å². The van der Waals surface area contributed by atoms with Crippen molar-refractivity contribution in [2.24, 2.45) is 28.6 Å². The van der Waals surface area contributed by atoms with E-state index in [-0.39, 0.29) is 17.4 Å². The Morgan fingerprint density at radius 2 is 1.82 bits per heavy atom. The van der Waals surface area contributed by atoms with Crippen LogP contribution in [-0.4, -0.2) is 21.3 Å². The van der Waals surface area contributed by atoms with E-state index >= 15 is 0 Å². The van der Waals surface area contributed by atoms with Crippen LogP contribution in [0.4, 0.5) is 0 Å². The molecule has 33 heavy (non-hydrogen) atoms. The topological polar surface area (TPSA) is 113 Å². The Kier molecular flexibility index (Phi) is 9.24. The summed E-state index contributed by atoms with van der Waals surface area (Å²) < 4.78 is 30.9. The van der Waals surface area contributed by atoms with Gasteiger partial charge in [0.1, 0.15) is 0 Å². The predicted molar refractivity (Wildman–Crippen MR) is 131 cm³/mol. The molecule has 5 atom stereocenters. The monoisotopic (exact) mass is 504 g/mol. The third-order valence-electron chi connectivity index (χ3n) is 8.05. The molecule has 0 spiro atoms. The fourth-order valence-corrected chi connectivity index (χ4v) is 8.02. The molecule has 7 nitrogen and oxygen atoms in total. The summed E-state index contributed by atoms with van der Waals surface area (Å²) in [5.74, 6) is 1.62. The first kappa shape index (κ1) is 28.7. The van der Waals surface area contributed by atoms with Gasteiger partial charge in [0.05, 0.1) is 6.61 Å². The molecular formula is C24H42O7P2. The fourth-order valence-electron chi connectivity index (χ4n) is 6.49. The van der Waals surface area contributed by atoms with E-state index < -0.39 is 15.6 Å². The maximum atomic E-state index is 11.6. The van der Waals surface area contributed by atoms with Crippen LogP contribution in [0.2, 0.25) is 0 Å². The molecule has 0 amide bonds. The van der Waals surface area contributed by atoms with Crippen LogP contribution in [0.15, 0.2) is 35.5 Å². The summed E-state index contributed by atoms with van der Waals surface area (Å²) in [4.78, 5) is 26.8. The Hall–Kier alpha value is -0.520. The van der Waals surface area contributed by atoms with Crippen LogP contribution in [0, 0.1) is 28.6 Å². The first-order valence-corrected chi connectivity index (χ1v) is 14.7. The number of hydrogen-bond acceptors (Lipinski definition) is 4. The molecule has 0 bridgehead atoms. The van der Waals surface area contributed by atoms with E-state index in [0.717, 1.165) is 24.8 Å². The molecule has 0 heterocycles. The second-order valence-electron chi connectivity index (χ2n) is 10.9. The Bertz CT molecular complexity index is 885. The quantitative estimate of drug-likeness (QED) is 0.230. The highest BCUT2D eigenvalue weighted by Gasteiger charge is 2.55. The normalized spacial score (nSPS) is 32.9. The molecule has 3 N–H and O–H groups in total. The van der Waals surface area contributed by atoms with Crippen molar-refractivity contribution in [1.29, 1.82) is 0 Å². The van der Waals surface area contributed by atoms with Crippen molar-refractivity contribution in [1.82, 2.24) is 0 Å². The van der Waals surface area contributed by atoms with E-state index in [1.165, 1.54) is 30.4 Å². The zero-order valence-corrected chi connectivity index (χ0v) is 22.7. The molecule has 2 rings (SSSR count). The molecule has 2 saturated carbocycles. The second-order valence-corrected chi connectivity index (χ2v) is 13.7. The lowest BCUT2D eigenvalue weighted by Gasteiger charge is -2.60. The summed E-state index contributed by atoms with van der Waals surface area (Å²) in [5.41, 5.74) is 4.21. The van der Waals surface area contributed by atoms with E-state index in [2.05, 4.69) is 56.1 Å². The van der Waals surface area contributed by atoms with E-state index in [1.54, 1.807) is 6.08 Å². The Labute approximate surface area is 199 Å². The van der Waals surface area contributed by atoms with Crippen molar-refractivity contribution >= 4 is 15.6 Å². The van der Waals surface area contributed by atoms with Gasteiger partial charge in [0.15, 0.2) is 0 Å². The van der Waals surface area contributed by atoms with Gasteiger partial charge >= 0.3 is 15.6 Å². The minimum Gasteiger partial charge on any atom is -0.302 e. The van der Waals surface area contributed by atoms with Crippen LogP contribution in [0.25, 0.3) is 0 Å². The summed E-state index contributed by atoms with van der Waals surface area (Å²) in [7, 11) is -9.93. The summed E-state index contributed by atoms with van der Waals surface area (Å²) in [6.07, 6.45) is 10.3. The predicted octanol–water partition coefficient (Wildman–Crippen LogP) is 6.93. The van der Waals surface area contributed by atoms with Crippen molar-refractivity contribution < 1.29 is 32.6 Å². The van der Waals surface area contributed by atoms with E-state index in [0.29, 0.717) is 17.8 Å². The molecule has 0 aromatic heterocycles. The standard InChI is InChI=1S/C24H42O7P2/c1-8-18(3)20-15-23(5,6)22-12-10-19(4)21(24(22,7)16-20)11-9-17(2)13-14-30-33(28,29)31-32(25,26)27/h8,13,20-22H,4,9-12,14-16H2,1-3,5-7H3,(H,28,29)(H2,25,26,27)/b17-13+,18-8+/t20?,21-,22-,24-/m1/s1. The maximum Gasteiger partial charge on any atom is 0.481 e. The minimum absolute atomic E-state index is 0.168. The van der Waals surface area contributed by atoms with Gasteiger partial charge in [-0.15, -0.1) is 0 Å². The van der Waals surface area contributed by atoms with Crippen LogP contribution in [-0.2, 0) is 18.0 Å². The van der Waals surface area contributed by atoms with Crippen molar-refractivity contribution in [3.8, 4) is 0 Å². The summed E-state index contributed by atoms with van der Waals surface area (Å²) in [5, 5.41) is 0. The SMILES string of the molecule is C=C1CC[C@@H]2C(C)(C)CC(/C(C)=C/C)C[C@]2(C)[C@@H]1CC/C(C)=C/COP(=O)(O)OP(=O)(O)O. The van der Waals surface area contributed by atoms with Gasteiger partial charge in [0.2, 0.25) is 0 Å². The lowest BCUT2D eigenvalue weighted by atomic mass is 9.45. The molecule has 190 valence electrons. The highest BCUT2D eigenvalue weighted by Crippen LogP contribution is 2.64. The minimum atomic E-state index is -5.11. The van der Waals surface area contributed by atoms with Crippen LogP contribution in [0.3, 0.4) is 0 Å². The molecule has 2 unspecified atom stereocenters. The second kappa shape index (κ2) is 10.6. The average molecular weight is 505 g/mol. The van der Waals surface area contributed by atoms with Crippen molar-refractivity contribution in [3.63, 3.8) is 0 Å². The third-order valence-corrected chi connectivity index (χ3v) is 10.2. The van der Waals surface area contributed by atoms with Crippen LogP contribution in [0.5, 0.6) is 0 Å². The van der Waals surface area contributed by atoms with Crippen molar-refractivity contribution in [3.05, 3.63) is 35.5 Å². The largest absolute Gasteiger partial charge is 0.481 e. The highest BCUT2D eigenvalue weighted by atomic mass is 31.3. The summed E-state index contributed by atoms with van der Waals surface area (Å²) >= 11 is 0. The smallest absolute Gasteiger partial charge is 0.302 e. The number of rotatable bonds is 9. The van der Waals surface area contributed by atoms with Gasteiger partial charge in [0, 0.05) is 0 Å². The third kappa shape index (κ3) is 7.48. The van der Waals surface area contributed by atoms with Gasteiger partial charge in [-0.1, -0.05) is 56.2 Å². The zero-order valence-electron chi connectivity index (χ0n) is 20.9. The highest BCUT2D eigenvalue weighted by molar-refractivity contribution is 7.60. The molecule has 0 aromatic carbocycles. The van der Waals surface area contributed by atoms with Crippen LogP contribution in [0.1, 0.15) is 80.1 Å². The summed E-state index contributed by atoms with van der Waals surface area (Å²) in [6.45, 7) is 17.8. The Morgan fingerprint density at radius 1 is 1.18 bits per heavy atom. The molecule has 9 heteroatoms. The van der Waals surface area contributed by atoms with Crippen LogP contribution >= 0.6 is 15.6 Å². The van der Waals surface area contributed by atoms with Crippen molar-refractivity contribution in [2.75, 3.05) is 6.61 Å². The number of hydrogen-bond donors (Lipinski definition) is 3. The van der Waals surface area contributed by atoms with E-state index in [9.17, 15) is 14.0 Å². The molecule has 2 aliphatic rings. The van der Waals surface area contributed by atoms with Crippen LogP contribution < -0.4 is 0 Å². The molecule has 0 aromatic rings. The number of phosphoric ester groups is 1. The Morgan fingerprint density at radius 3 is 2.39 bits per heavy atom. The van der Waals surface area contributed by atoms with Gasteiger partial charge in [-0.05, 0) is 87.9 Å². The number of phosphoric acid groups is 2. The molecule has 0 radical (unpaired) electrons. The molecule has 2 aliphatic carbocycles. The van der Waals surface area contributed by atoms with E-state index in [4.69, 9.17) is 9.79 Å². The van der Waals surface area contributed by atoms with Gasteiger partial charge in [0.25, 0.3) is 0 Å². The average Bonchev–Trinajstić information content (AvgIpc) is 2.63. The molecular weight excluding hydrogens is 462 g/mol. The van der Waals surface area contributed by atoms with Gasteiger partial charge in [-0.2, -0.15) is 4.31 Å². The first-order chi connectivity index (χ1) is 15.0. The zero-order chi connectivity index (χ0) is 25.2. The van der Waals surface area contributed by atoms with Gasteiger partial charge < -0.3 is 14.7 Å². The number of allylic oxidation sites excluding steroid dienone is 4. The molecule has 0 saturated heterocycles. The fraction of sp³-hybridized carbons (Fsp3) is 0.750. The molecule has 0 aliphatic heterocycles. The molecule has 2 fully saturated rings. The number of fused-ring (bicyclic) bond motifs is 1. The lowest BCUT2D eigenvalue weighted by molar-refractivity contribution is -0.0717. The van der Waals surface area contributed by atoms with Gasteiger partial charge in [-0.3, -0.25) is 4.52 Å². The summed E-state index contributed by atoms with van der Waals surface area (Å²) in [6, 6.07) is 0. The van der Waals surface area contributed by atoms with Gasteiger partial charge in [-0.25, -0.2) is 9.13 Å².